The van der Waals surface area contributed by atoms with E-state index in [4.69, 9.17) is 0 Å². The van der Waals surface area contributed by atoms with Gasteiger partial charge in [0.25, 0.3) is 11.5 Å². The number of aromatic nitrogens is 3. The molecule has 1 aliphatic heterocycles. The Morgan fingerprint density at radius 2 is 1.90 bits per heavy atom. The van der Waals surface area contributed by atoms with Gasteiger partial charge < -0.3 is 9.88 Å². The third-order valence-corrected chi connectivity index (χ3v) is 7.13. The quantitative estimate of drug-likeness (QED) is 0.708. The van der Waals surface area contributed by atoms with Crippen molar-refractivity contribution in [2.24, 2.45) is 0 Å². The summed E-state index contributed by atoms with van der Waals surface area (Å²) in [7, 11) is 0. The number of likely N-dealkylation sites (tertiary alicyclic amines) is 1. The molecule has 0 bridgehead atoms. The number of aryl methyl sites for hydroxylation is 1. The lowest BCUT2D eigenvalue weighted by Gasteiger charge is -2.39. The monoisotopic (exact) mass is 406 g/mol. The van der Waals surface area contributed by atoms with E-state index in [1.54, 1.807) is 0 Å². The molecule has 7 heteroatoms. The number of amides is 1. The highest BCUT2D eigenvalue weighted by Crippen LogP contribution is 2.44. The van der Waals surface area contributed by atoms with Gasteiger partial charge in [0.1, 0.15) is 16.5 Å². The minimum Gasteiger partial charge on any atom is -0.337 e. The average molecular weight is 407 g/mol. The standard InChI is InChI=1S/C22H22N4O2S/c1-14-23-18-16(19(27)24-14)7-8-22(18)9-11-26(12-10-22)21(28)17-13-29-20(25-17)15-5-3-2-4-6-15/h2-6,13H,7-12H2,1H3,(H,23,24,27). The molecule has 0 atom stereocenters. The first-order chi connectivity index (χ1) is 14.1. The highest BCUT2D eigenvalue weighted by molar-refractivity contribution is 7.13. The molecule has 148 valence electrons. The van der Waals surface area contributed by atoms with E-state index in [9.17, 15) is 9.59 Å². The first-order valence-corrected chi connectivity index (χ1v) is 10.8. The summed E-state index contributed by atoms with van der Waals surface area (Å²) >= 11 is 1.50. The van der Waals surface area contributed by atoms with E-state index in [2.05, 4.69) is 15.0 Å². The second-order valence-electron chi connectivity index (χ2n) is 7.95. The van der Waals surface area contributed by atoms with Crippen LogP contribution in [0.25, 0.3) is 10.6 Å². The van der Waals surface area contributed by atoms with E-state index in [1.807, 2.05) is 47.5 Å². The number of benzene rings is 1. The summed E-state index contributed by atoms with van der Waals surface area (Å²) in [6.45, 7) is 3.17. The first-order valence-electron chi connectivity index (χ1n) is 9.96. The van der Waals surface area contributed by atoms with Gasteiger partial charge in [0.2, 0.25) is 0 Å². The fourth-order valence-electron chi connectivity index (χ4n) is 4.64. The molecule has 2 aromatic heterocycles. The largest absolute Gasteiger partial charge is 0.337 e. The van der Waals surface area contributed by atoms with Gasteiger partial charge in [-0.25, -0.2) is 9.97 Å². The van der Waals surface area contributed by atoms with Crippen LogP contribution < -0.4 is 5.56 Å². The third kappa shape index (κ3) is 3.09. The smallest absolute Gasteiger partial charge is 0.273 e. The van der Waals surface area contributed by atoms with Crippen LogP contribution in [-0.4, -0.2) is 38.8 Å². The fraction of sp³-hybridized carbons (Fsp3) is 0.364. The van der Waals surface area contributed by atoms with E-state index in [1.165, 1.54) is 11.3 Å². The van der Waals surface area contributed by atoms with Crippen LogP contribution in [0.15, 0.2) is 40.5 Å². The van der Waals surface area contributed by atoms with Gasteiger partial charge in [0.05, 0.1) is 5.69 Å². The highest BCUT2D eigenvalue weighted by Gasteiger charge is 2.44. The van der Waals surface area contributed by atoms with E-state index in [0.29, 0.717) is 24.6 Å². The summed E-state index contributed by atoms with van der Waals surface area (Å²) in [5.41, 5.74) is 3.28. The van der Waals surface area contributed by atoms with Gasteiger partial charge in [0.15, 0.2) is 0 Å². The van der Waals surface area contributed by atoms with E-state index in [0.717, 1.165) is 47.5 Å². The maximum Gasteiger partial charge on any atom is 0.273 e. The SMILES string of the molecule is Cc1nc2c(c(=O)[nH]1)CCC21CCN(C(=O)c2csc(-c3ccccc3)n2)CC1. The second-order valence-corrected chi connectivity index (χ2v) is 8.81. The Kier molecular flexibility index (Phi) is 4.35. The van der Waals surface area contributed by atoms with Crippen molar-refractivity contribution in [1.82, 2.24) is 19.9 Å². The third-order valence-electron chi connectivity index (χ3n) is 6.24. The Balaban J connectivity index is 1.33. The zero-order valence-corrected chi connectivity index (χ0v) is 17.1. The van der Waals surface area contributed by atoms with Crippen molar-refractivity contribution in [3.05, 3.63) is 68.8 Å². The predicted molar refractivity (Wildman–Crippen MR) is 112 cm³/mol. The van der Waals surface area contributed by atoms with Crippen LogP contribution in [0.5, 0.6) is 0 Å². The van der Waals surface area contributed by atoms with Crippen LogP contribution in [0.1, 0.15) is 46.8 Å². The van der Waals surface area contributed by atoms with Crippen molar-refractivity contribution in [2.45, 2.75) is 38.0 Å². The van der Waals surface area contributed by atoms with Gasteiger partial charge in [-0.2, -0.15) is 0 Å². The molecule has 6 nitrogen and oxygen atoms in total. The van der Waals surface area contributed by atoms with Crippen molar-refractivity contribution in [2.75, 3.05) is 13.1 Å². The Labute approximate surface area is 172 Å². The molecule has 2 aliphatic rings. The number of fused-ring (bicyclic) bond motifs is 2. The lowest BCUT2D eigenvalue weighted by molar-refractivity contribution is 0.0658. The van der Waals surface area contributed by atoms with Crippen molar-refractivity contribution in [3.8, 4) is 10.6 Å². The zero-order valence-electron chi connectivity index (χ0n) is 16.3. The summed E-state index contributed by atoms with van der Waals surface area (Å²) in [6, 6.07) is 9.93. The number of carbonyl (C=O) groups excluding carboxylic acids is 1. The molecular formula is C22H22N4O2S. The number of nitrogens with one attached hydrogen (secondary N) is 1. The number of piperidine rings is 1. The maximum absolute atomic E-state index is 13.0. The maximum atomic E-state index is 13.0. The van der Waals surface area contributed by atoms with Crippen LogP contribution in [0.4, 0.5) is 0 Å². The van der Waals surface area contributed by atoms with Crippen LogP contribution in [0.2, 0.25) is 0 Å². The number of carbonyl (C=O) groups is 1. The molecule has 1 N–H and O–H groups in total. The second kappa shape index (κ2) is 6.91. The molecule has 5 rings (SSSR count). The first kappa shape index (κ1) is 18.2. The van der Waals surface area contributed by atoms with Gasteiger partial charge in [-0.15, -0.1) is 11.3 Å². The van der Waals surface area contributed by atoms with Gasteiger partial charge in [-0.1, -0.05) is 30.3 Å². The number of thiazole rings is 1. The van der Waals surface area contributed by atoms with Crippen molar-refractivity contribution >= 4 is 17.2 Å². The molecule has 1 spiro atoms. The van der Waals surface area contributed by atoms with Gasteiger partial charge in [-0.3, -0.25) is 9.59 Å². The van der Waals surface area contributed by atoms with Crippen molar-refractivity contribution < 1.29 is 4.79 Å². The van der Waals surface area contributed by atoms with E-state index in [-0.39, 0.29) is 16.9 Å². The lowest BCUT2D eigenvalue weighted by Crippen LogP contribution is -2.45. The molecule has 29 heavy (non-hydrogen) atoms. The molecule has 1 aromatic carbocycles. The summed E-state index contributed by atoms with van der Waals surface area (Å²) in [6.07, 6.45) is 3.41. The van der Waals surface area contributed by atoms with Gasteiger partial charge >= 0.3 is 0 Å². The average Bonchev–Trinajstić information content (AvgIpc) is 3.35. The van der Waals surface area contributed by atoms with Gasteiger partial charge in [-0.05, 0) is 32.6 Å². The van der Waals surface area contributed by atoms with Crippen molar-refractivity contribution in [3.63, 3.8) is 0 Å². The summed E-state index contributed by atoms with van der Waals surface area (Å²) in [4.78, 5) is 39.2. The molecule has 1 aliphatic carbocycles. The van der Waals surface area contributed by atoms with Crippen LogP contribution >= 0.6 is 11.3 Å². The van der Waals surface area contributed by atoms with Crippen LogP contribution in [0, 0.1) is 6.92 Å². The molecule has 1 amide bonds. The minimum absolute atomic E-state index is 0.00112. The Morgan fingerprint density at radius 3 is 2.66 bits per heavy atom. The molecule has 0 radical (unpaired) electrons. The molecule has 0 unspecified atom stereocenters. The Bertz CT molecular complexity index is 1130. The van der Waals surface area contributed by atoms with Crippen molar-refractivity contribution in [1.29, 1.82) is 0 Å². The number of rotatable bonds is 2. The Hall–Kier alpha value is -2.80. The van der Waals surface area contributed by atoms with Crippen LogP contribution in [-0.2, 0) is 11.8 Å². The zero-order chi connectivity index (χ0) is 20.0. The minimum atomic E-state index is -0.0671. The summed E-state index contributed by atoms with van der Waals surface area (Å²) in [5, 5.41) is 2.72. The molecule has 3 heterocycles. The Morgan fingerprint density at radius 1 is 1.14 bits per heavy atom. The summed E-state index contributed by atoms with van der Waals surface area (Å²) < 4.78 is 0. The number of hydrogen-bond acceptors (Lipinski definition) is 5. The number of hydrogen-bond donors (Lipinski definition) is 1. The fourth-order valence-corrected chi connectivity index (χ4v) is 5.44. The van der Waals surface area contributed by atoms with Gasteiger partial charge in [0, 0.05) is 35.0 Å². The topological polar surface area (TPSA) is 79.0 Å². The molecular weight excluding hydrogens is 384 g/mol. The molecule has 1 fully saturated rings. The predicted octanol–water partition coefficient (Wildman–Crippen LogP) is 3.32. The van der Waals surface area contributed by atoms with E-state index >= 15 is 0 Å². The summed E-state index contributed by atoms with van der Waals surface area (Å²) in [5.74, 6) is 0.663. The number of H-pyrrole nitrogens is 1. The molecule has 3 aromatic rings. The molecule has 0 saturated carbocycles. The lowest BCUT2D eigenvalue weighted by atomic mass is 9.76. The number of nitrogens with zero attached hydrogens (tertiary/aromatic N) is 3. The molecule has 1 saturated heterocycles. The van der Waals surface area contributed by atoms with Crippen LogP contribution in [0.3, 0.4) is 0 Å². The highest BCUT2D eigenvalue weighted by atomic mass is 32.1. The normalized spacial score (nSPS) is 17.5. The number of aromatic amines is 1. The van der Waals surface area contributed by atoms with E-state index < -0.39 is 0 Å².